The molecule has 1 aliphatic heterocycles. The molecule has 3 nitrogen and oxygen atoms in total. The highest BCUT2D eigenvalue weighted by Gasteiger charge is 2.35. The van der Waals surface area contributed by atoms with Crippen LogP contribution in [0.4, 0.5) is 4.39 Å². The van der Waals surface area contributed by atoms with Crippen molar-refractivity contribution in [3.8, 4) is 0 Å². The van der Waals surface area contributed by atoms with Gasteiger partial charge in [-0.2, -0.15) is 0 Å². The van der Waals surface area contributed by atoms with E-state index >= 15 is 0 Å². The van der Waals surface area contributed by atoms with Gasteiger partial charge >= 0.3 is 0 Å². The van der Waals surface area contributed by atoms with Gasteiger partial charge in [-0.05, 0) is 57.7 Å². The Morgan fingerprint density at radius 1 is 1.27 bits per heavy atom. The largest absolute Gasteiger partial charge is 0.344 e. The zero-order valence-electron chi connectivity index (χ0n) is 14.1. The van der Waals surface area contributed by atoms with Crippen LogP contribution in [-0.4, -0.2) is 47.4 Å². The van der Waals surface area contributed by atoms with Crippen LogP contribution < -0.4 is 0 Å². The second-order valence-electron chi connectivity index (χ2n) is 6.53. The number of benzene rings is 1. The summed E-state index contributed by atoms with van der Waals surface area (Å²) in [7, 11) is 1.85. The molecule has 0 radical (unpaired) electrons. The van der Waals surface area contributed by atoms with Crippen molar-refractivity contribution in [2.24, 2.45) is 0 Å². The zero-order valence-corrected chi connectivity index (χ0v) is 14.1. The molecular weight excluding hydrogens is 279 g/mol. The molecule has 1 aliphatic rings. The van der Waals surface area contributed by atoms with Crippen molar-refractivity contribution < 1.29 is 9.18 Å². The van der Waals surface area contributed by atoms with Gasteiger partial charge in [0.25, 0.3) is 0 Å². The monoisotopic (exact) mass is 306 g/mol. The number of hydrogen-bond acceptors (Lipinski definition) is 2. The number of carbonyl (C=O) groups excluding carboxylic acids is 1. The normalized spacial score (nSPS) is 23.5. The number of likely N-dealkylation sites (N-methyl/N-ethyl adjacent to an activating group) is 1. The van der Waals surface area contributed by atoms with Crippen LogP contribution in [-0.2, 0) is 11.2 Å². The lowest BCUT2D eigenvalue weighted by Crippen LogP contribution is -2.49. The SMILES string of the molecule is C[C@@H]1CC[C@@H](C)N1[C@H](C)C(=O)N(C)CCc1ccc(F)cc1. The van der Waals surface area contributed by atoms with E-state index in [1.807, 2.05) is 14.0 Å². The predicted octanol–water partition coefficient (Wildman–Crippen LogP) is 3.09. The van der Waals surface area contributed by atoms with E-state index in [1.165, 1.54) is 12.1 Å². The summed E-state index contributed by atoms with van der Waals surface area (Å²) in [4.78, 5) is 16.7. The second-order valence-corrected chi connectivity index (χ2v) is 6.53. The average Bonchev–Trinajstić information content (AvgIpc) is 2.84. The fraction of sp³-hybridized carbons (Fsp3) is 0.611. The first-order valence-electron chi connectivity index (χ1n) is 8.17. The van der Waals surface area contributed by atoms with Crippen LogP contribution >= 0.6 is 0 Å². The third kappa shape index (κ3) is 3.86. The number of hydrogen-bond donors (Lipinski definition) is 0. The number of nitrogens with zero attached hydrogens (tertiary/aromatic N) is 2. The first-order chi connectivity index (χ1) is 10.4. The summed E-state index contributed by atoms with van der Waals surface area (Å²) in [5, 5.41) is 0. The third-order valence-electron chi connectivity index (χ3n) is 4.85. The molecule has 0 spiro atoms. The predicted molar refractivity (Wildman–Crippen MR) is 87.2 cm³/mol. The molecule has 1 saturated heterocycles. The molecule has 2 rings (SSSR count). The fourth-order valence-corrected chi connectivity index (χ4v) is 3.48. The van der Waals surface area contributed by atoms with E-state index in [0.29, 0.717) is 18.6 Å². The first kappa shape index (κ1) is 16.9. The fourth-order valence-electron chi connectivity index (χ4n) is 3.48. The molecule has 1 aromatic rings. The summed E-state index contributed by atoms with van der Waals surface area (Å²) in [5.41, 5.74) is 1.05. The van der Waals surface area contributed by atoms with E-state index in [2.05, 4.69) is 18.7 Å². The van der Waals surface area contributed by atoms with Gasteiger partial charge in [-0.3, -0.25) is 9.69 Å². The molecular formula is C18H27FN2O. The number of likely N-dealkylation sites (tertiary alicyclic amines) is 1. The van der Waals surface area contributed by atoms with Gasteiger partial charge in [0.05, 0.1) is 6.04 Å². The van der Waals surface area contributed by atoms with Gasteiger partial charge in [0.1, 0.15) is 5.82 Å². The molecule has 0 aliphatic carbocycles. The van der Waals surface area contributed by atoms with Crippen LogP contribution in [0.2, 0.25) is 0 Å². The lowest BCUT2D eigenvalue weighted by molar-refractivity contribution is -0.136. The van der Waals surface area contributed by atoms with E-state index in [1.54, 1.807) is 17.0 Å². The van der Waals surface area contributed by atoms with Gasteiger partial charge in [-0.15, -0.1) is 0 Å². The third-order valence-corrected chi connectivity index (χ3v) is 4.85. The molecule has 122 valence electrons. The van der Waals surface area contributed by atoms with E-state index in [0.717, 1.165) is 24.8 Å². The Bertz CT molecular complexity index is 492. The van der Waals surface area contributed by atoms with Crippen LogP contribution in [0.25, 0.3) is 0 Å². The Kier molecular flexibility index (Phi) is 5.57. The van der Waals surface area contributed by atoms with Crippen molar-refractivity contribution in [1.82, 2.24) is 9.80 Å². The van der Waals surface area contributed by atoms with Crippen molar-refractivity contribution >= 4 is 5.91 Å². The van der Waals surface area contributed by atoms with Gasteiger partial charge in [0, 0.05) is 25.7 Å². The molecule has 0 saturated carbocycles. The summed E-state index contributed by atoms with van der Waals surface area (Å²) in [6.07, 6.45) is 3.08. The number of halogens is 1. The maximum absolute atomic E-state index is 12.9. The molecule has 1 fully saturated rings. The zero-order chi connectivity index (χ0) is 16.3. The Labute approximate surface area is 133 Å². The summed E-state index contributed by atoms with van der Waals surface area (Å²) >= 11 is 0. The Hall–Kier alpha value is -1.42. The van der Waals surface area contributed by atoms with E-state index < -0.39 is 0 Å². The highest BCUT2D eigenvalue weighted by molar-refractivity contribution is 5.81. The quantitative estimate of drug-likeness (QED) is 0.834. The van der Waals surface area contributed by atoms with Crippen molar-refractivity contribution in [3.63, 3.8) is 0 Å². The van der Waals surface area contributed by atoms with Gasteiger partial charge in [0.15, 0.2) is 0 Å². The van der Waals surface area contributed by atoms with Crippen LogP contribution in [0, 0.1) is 5.82 Å². The number of carbonyl (C=O) groups is 1. The molecule has 0 aromatic heterocycles. The highest BCUT2D eigenvalue weighted by atomic mass is 19.1. The van der Waals surface area contributed by atoms with E-state index in [9.17, 15) is 9.18 Å². The van der Waals surface area contributed by atoms with Crippen LogP contribution in [0.3, 0.4) is 0 Å². The molecule has 4 heteroatoms. The first-order valence-corrected chi connectivity index (χ1v) is 8.17. The molecule has 0 N–H and O–H groups in total. The van der Waals surface area contributed by atoms with Crippen molar-refractivity contribution in [2.75, 3.05) is 13.6 Å². The van der Waals surface area contributed by atoms with Gasteiger partial charge in [-0.1, -0.05) is 12.1 Å². The van der Waals surface area contributed by atoms with E-state index in [-0.39, 0.29) is 17.8 Å². The molecule has 1 heterocycles. The standard InChI is InChI=1S/C18H27FN2O/c1-13-5-6-14(2)21(13)15(3)18(22)20(4)12-11-16-7-9-17(19)10-8-16/h7-10,13-15H,5-6,11-12H2,1-4H3/t13-,14-,15-/m1/s1. The topological polar surface area (TPSA) is 23.6 Å². The molecule has 1 aromatic carbocycles. The van der Waals surface area contributed by atoms with Crippen molar-refractivity contribution in [3.05, 3.63) is 35.6 Å². The second kappa shape index (κ2) is 7.23. The smallest absolute Gasteiger partial charge is 0.239 e. The average molecular weight is 306 g/mol. The minimum atomic E-state index is -0.223. The minimum Gasteiger partial charge on any atom is -0.344 e. The van der Waals surface area contributed by atoms with Gasteiger partial charge in [0.2, 0.25) is 5.91 Å². The highest BCUT2D eigenvalue weighted by Crippen LogP contribution is 2.26. The summed E-state index contributed by atoms with van der Waals surface area (Å²) < 4.78 is 12.9. The van der Waals surface area contributed by atoms with Crippen molar-refractivity contribution in [2.45, 2.75) is 58.2 Å². The molecule has 0 bridgehead atoms. The molecule has 0 unspecified atom stereocenters. The molecule has 3 atom stereocenters. The van der Waals surface area contributed by atoms with Crippen LogP contribution in [0.5, 0.6) is 0 Å². The minimum absolute atomic E-state index is 0.0780. The van der Waals surface area contributed by atoms with E-state index in [4.69, 9.17) is 0 Å². The van der Waals surface area contributed by atoms with Gasteiger partial charge in [-0.25, -0.2) is 4.39 Å². The number of amides is 1. The lowest BCUT2D eigenvalue weighted by atomic mass is 10.1. The van der Waals surface area contributed by atoms with Gasteiger partial charge < -0.3 is 4.90 Å². The van der Waals surface area contributed by atoms with Crippen LogP contribution in [0.15, 0.2) is 24.3 Å². The maximum Gasteiger partial charge on any atom is 0.239 e. The lowest BCUT2D eigenvalue weighted by Gasteiger charge is -2.34. The molecule has 1 amide bonds. The van der Waals surface area contributed by atoms with Crippen LogP contribution in [0.1, 0.15) is 39.2 Å². The Balaban J connectivity index is 1.89. The maximum atomic E-state index is 12.9. The molecule has 22 heavy (non-hydrogen) atoms. The summed E-state index contributed by atoms with van der Waals surface area (Å²) in [6.45, 7) is 7.07. The summed E-state index contributed by atoms with van der Waals surface area (Å²) in [6, 6.07) is 7.36. The Morgan fingerprint density at radius 2 is 1.82 bits per heavy atom. The summed E-state index contributed by atoms with van der Waals surface area (Å²) in [5.74, 6) is -0.0541. The number of rotatable bonds is 5. The van der Waals surface area contributed by atoms with Crippen molar-refractivity contribution in [1.29, 1.82) is 0 Å². The Morgan fingerprint density at radius 3 is 2.36 bits per heavy atom.